The molecule has 0 atom stereocenters. The minimum atomic E-state index is 0.194. The highest BCUT2D eigenvalue weighted by molar-refractivity contribution is 5.76. The average Bonchev–Trinajstić information content (AvgIpc) is 3.27. The summed E-state index contributed by atoms with van der Waals surface area (Å²) in [6, 6.07) is 10.5. The lowest BCUT2D eigenvalue weighted by molar-refractivity contribution is -0.121. The number of carbonyl (C=O) groups is 1. The molecule has 0 heterocycles. The van der Waals surface area contributed by atoms with Crippen molar-refractivity contribution in [3.63, 3.8) is 0 Å². The number of nitrogens with two attached hydrogens (primary N) is 1. The van der Waals surface area contributed by atoms with Crippen LogP contribution in [0.3, 0.4) is 0 Å². The van der Waals surface area contributed by atoms with Crippen LogP contribution in [0, 0.1) is 0 Å². The van der Waals surface area contributed by atoms with Crippen molar-refractivity contribution in [1.82, 2.24) is 5.32 Å². The zero-order valence-electron chi connectivity index (χ0n) is 12.2. The van der Waals surface area contributed by atoms with Gasteiger partial charge in [-0.15, -0.1) is 0 Å². The molecule has 20 heavy (non-hydrogen) atoms. The van der Waals surface area contributed by atoms with Gasteiger partial charge in [0, 0.05) is 18.4 Å². The first-order valence-electron chi connectivity index (χ1n) is 7.79. The van der Waals surface area contributed by atoms with Gasteiger partial charge in [-0.05, 0) is 37.8 Å². The van der Waals surface area contributed by atoms with Gasteiger partial charge in [0.15, 0.2) is 0 Å². The van der Waals surface area contributed by atoms with Crippen LogP contribution in [0.15, 0.2) is 30.3 Å². The van der Waals surface area contributed by atoms with E-state index in [9.17, 15) is 4.79 Å². The van der Waals surface area contributed by atoms with Crippen molar-refractivity contribution in [2.45, 2.75) is 50.4 Å². The van der Waals surface area contributed by atoms with E-state index in [-0.39, 0.29) is 11.3 Å². The maximum atomic E-state index is 11.8. The molecule has 2 rings (SSSR count). The van der Waals surface area contributed by atoms with E-state index in [0.717, 1.165) is 38.8 Å². The first kappa shape index (κ1) is 15.0. The van der Waals surface area contributed by atoms with E-state index in [4.69, 9.17) is 5.73 Å². The Hall–Kier alpha value is -1.35. The van der Waals surface area contributed by atoms with E-state index in [1.54, 1.807) is 0 Å². The molecule has 3 nitrogen and oxygen atoms in total. The predicted octanol–water partition coefficient (Wildman–Crippen LogP) is 2.74. The molecule has 1 fully saturated rings. The fraction of sp³-hybridized carbons (Fsp3) is 0.588. The summed E-state index contributed by atoms with van der Waals surface area (Å²) < 4.78 is 0. The number of rotatable bonds is 9. The van der Waals surface area contributed by atoms with Crippen LogP contribution in [0.4, 0.5) is 0 Å². The Bertz CT molecular complexity index is 412. The van der Waals surface area contributed by atoms with Crippen LogP contribution in [0.5, 0.6) is 0 Å². The van der Waals surface area contributed by atoms with E-state index in [1.807, 2.05) is 6.07 Å². The van der Waals surface area contributed by atoms with Crippen molar-refractivity contribution in [3.05, 3.63) is 35.9 Å². The minimum Gasteiger partial charge on any atom is -0.355 e. The number of nitrogens with one attached hydrogen (secondary N) is 1. The summed E-state index contributed by atoms with van der Waals surface area (Å²) in [4.78, 5) is 11.8. The molecule has 3 heteroatoms. The number of hydrogen-bond donors (Lipinski definition) is 2. The van der Waals surface area contributed by atoms with E-state index < -0.39 is 0 Å². The minimum absolute atomic E-state index is 0.194. The van der Waals surface area contributed by atoms with Crippen molar-refractivity contribution in [3.8, 4) is 0 Å². The Balaban J connectivity index is 1.66. The number of amides is 1. The van der Waals surface area contributed by atoms with Crippen LogP contribution in [-0.2, 0) is 10.2 Å². The van der Waals surface area contributed by atoms with E-state index in [1.165, 1.54) is 18.4 Å². The molecule has 1 aromatic carbocycles. The van der Waals surface area contributed by atoms with Crippen LogP contribution >= 0.6 is 0 Å². The molecule has 0 aliphatic heterocycles. The van der Waals surface area contributed by atoms with Gasteiger partial charge in [-0.3, -0.25) is 4.79 Å². The van der Waals surface area contributed by atoms with Crippen LogP contribution in [0.2, 0.25) is 0 Å². The maximum absolute atomic E-state index is 11.8. The number of carbonyl (C=O) groups excluding carboxylic acids is 1. The van der Waals surface area contributed by atoms with Gasteiger partial charge in [0.1, 0.15) is 0 Å². The molecule has 1 saturated carbocycles. The summed E-state index contributed by atoms with van der Waals surface area (Å²) in [5, 5.41) is 3.11. The largest absolute Gasteiger partial charge is 0.355 e. The van der Waals surface area contributed by atoms with Crippen LogP contribution in [-0.4, -0.2) is 19.0 Å². The highest BCUT2D eigenvalue weighted by Gasteiger charge is 2.44. The smallest absolute Gasteiger partial charge is 0.220 e. The normalized spacial score (nSPS) is 15.8. The zero-order valence-corrected chi connectivity index (χ0v) is 12.2. The maximum Gasteiger partial charge on any atom is 0.220 e. The topological polar surface area (TPSA) is 55.1 Å². The van der Waals surface area contributed by atoms with Crippen molar-refractivity contribution < 1.29 is 4.79 Å². The summed E-state index contributed by atoms with van der Waals surface area (Å²) in [5.41, 5.74) is 7.03. The molecule has 0 saturated heterocycles. The van der Waals surface area contributed by atoms with Gasteiger partial charge in [-0.2, -0.15) is 0 Å². The number of hydrogen-bond acceptors (Lipinski definition) is 2. The second kappa shape index (κ2) is 7.44. The first-order valence-corrected chi connectivity index (χ1v) is 7.79. The summed E-state index contributed by atoms with van der Waals surface area (Å²) in [6.07, 6.45) is 7.31. The third-order valence-corrected chi connectivity index (χ3v) is 4.22. The molecule has 3 N–H and O–H groups in total. The third-order valence-electron chi connectivity index (χ3n) is 4.22. The van der Waals surface area contributed by atoms with Crippen molar-refractivity contribution in [2.75, 3.05) is 13.1 Å². The monoisotopic (exact) mass is 274 g/mol. The SMILES string of the molecule is NCCCCCCC(=O)NCC1(c2ccccc2)CC1. The van der Waals surface area contributed by atoms with Gasteiger partial charge < -0.3 is 11.1 Å². The first-order chi connectivity index (χ1) is 9.77. The predicted molar refractivity (Wildman–Crippen MR) is 82.5 cm³/mol. The van der Waals surface area contributed by atoms with E-state index in [2.05, 4.69) is 29.6 Å². The van der Waals surface area contributed by atoms with Crippen molar-refractivity contribution in [2.24, 2.45) is 5.73 Å². The van der Waals surface area contributed by atoms with Gasteiger partial charge >= 0.3 is 0 Å². The van der Waals surface area contributed by atoms with Crippen LogP contribution in [0.1, 0.15) is 50.5 Å². The second-order valence-corrected chi connectivity index (χ2v) is 5.88. The van der Waals surface area contributed by atoms with E-state index >= 15 is 0 Å². The summed E-state index contributed by atoms with van der Waals surface area (Å²) in [7, 11) is 0. The molecule has 1 amide bonds. The Kier molecular flexibility index (Phi) is 5.60. The quantitative estimate of drug-likeness (QED) is 0.680. The molecule has 0 bridgehead atoms. The highest BCUT2D eigenvalue weighted by Crippen LogP contribution is 2.47. The second-order valence-electron chi connectivity index (χ2n) is 5.88. The van der Waals surface area contributed by atoms with Crippen molar-refractivity contribution in [1.29, 1.82) is 0 Å². The zero-order chi connectivity index (χ0) is 14.3. The highest BCUT2D eigenvalue weighted by atomic mass is 16.1. The number of benzene rings is 1. The number of unbranched alkanes of at least 4 members (excludes halogenated alkanes) is 3. The Morgan fingerprint density at radius 2 is 1.80 bits per heavy atom. The molecular formula is C17H26N2O. The van der Waals surface area contributed by atoms with Gasteiger partial charge in [-0.25, -0.2) is 0 Å². The van der Waals surface area contributed by atoms with Crippen molar-refractivity contribution >= 4 is 5.91 Å². The van der Waals surface area contributed by atoms with E-state index in [0.29, 0.717) is 6.42 Å². The summed E-state index contributed by atoms with van der Waals surface area (Å²) in [5.74, 6) is 0.194. The van der Waals surface area contributed by atoms with Gasteiger partial charge in [0.2, 0.25) is 5.91 Å². The average molecular weight is 274 g/mol. The lowest BCUT2D eigenvalue weighted by atomic mass is 9.96. The summed E-state index contributed by atoms with van der Waals surface area (Å²) in [6.45, 7) is 1.55. The summed E-state index contributed by atoms with van der Waals surface area (Å²) >= 11 is 0. The molecular weight excluding hydrogens is 248 g/mol. The van der Waals surface area contributed by atoms with Gasteiger partial charge in [0.05, 0.1) is 0 Å². The lowest BCUT2D eigenvalue weighted by Gasteiger charge is -2.16. The fourth-order valence-electron chi connectivity index (χ4n) is 2.65. The Labute approximate surface area is 121 Å². The molecule has 0 spiro atoms. The lowest BCUT2D eigenvalue weighted by Crippen LogP contribution is -2.32. The Morgan fingerprint density at radius 1 is 1.10 bits per heavy atom. The standard InChI is InChI=1S/C17H26N2O/c18-13-7-2-1-6-10-16(20)19-14-17(11-12-17)15-8-4-3-5-9-15/h3-5,8-9H,1-2,6-7,10-14,18H2,(H,19,20). The van der Waals surface area contributed by atoms with Gasteiger partial charge in [-0.1, -0.05) is 43.2 Å². The molecule has 0 aromatic heterocycles. The molecule has 0 unspecified atom stereocenters. The van der Waals surface area contributed by atoms with Crippen LogP contribution < -0.4 is 11.1 Å². The van der Waals surface area contributed by atoms with Crippen LogP contribution in [0.25, 0.3) is 0 Å². The molecule has 110 valence electrons. The van der Waals surface area contributed by atoms with Gasteiger partial charge in [0.25, 0.3) is 0 Å². The Morgan fingerprint density at radius 3 is 2.45 bits per heavy atom. The third kappa shape index (κ3) is 4.34. The molecule has 1 aliphatic carbocycles. The fourth-order valence-corrected chi connectivity index (χ4v) is 2.65. The molecule has 1 aromatic rings. The molecule has 0 radical (unpaired) electrons. The molecule has 1 aliphatic rings.